The molecule has 3 rings (SSSR count). The molecule has 0 fully saturated rings. The van der Waals surface area contributed by atoms with Crippen molar-refractivity contribution in [1.82, 2.24) is 5.32 Å². The van der Waals surface area contributed by atoms with Crippen molar-refractivity contribution in [2.45, 2.75) is 18.0 Å². The van der Waals surface area contributed by atoms with E-state index in [1.807, 2.05) is 91.0 Å². The zero-order valence-electron chi connectivity index (χ0n) is 17.1. The molecule has 1 atom stereocenters. The van der Waals surface area contributed by atoms with E-state index in [0.29, 0.717) is 0 Å². The number of esters is 2. The summed E-state index contributed by atoms with van der Waals surface area (Å²) in [6.45, 7) is 0. The molecule has 1 N–H and O–H groups in total. The second-order valence-corrected chi connectivity index (χ2v) is 6.85. The molecule has 3 aromatic rings. The molecule has 154 valence electrons. The Kier molecular flexibility index (Phi) is 6.99. The molecular weight excluding hydrogens is 378 g/mol. The van der Waals surface area contributed by atoms with E-state index in [2.05, 4.69) is 5.32 Å². The molecule has 5 nitrogen and oxygen atoms in total. The van der Waals surface area contributed by atoms with Gasteiger partial charge in [-0.3, -0.25) is 14.9 Å². The number of hydrogen-bond acceptors (Lipinski definition) is 5. The van der Waals surface area contributed by atoms with E-state index in [0.717, 1.165) is 16.7 Å². The van der Waals surface area contributed by atoms with Crippen molar-refractivity contribution < 1.29 is 19.1 Å². The van der Waals surface area contributed by atoms with Crippen molar-refractivity contribution in [3.8, 4) is 0 Å². The average Bonchev–Trinajstić information content (AvgIpc) is 2.82. The van der Waals surface area contributed by atoms with Crippen LogP contribution in [0.3, 0.4) is 0 Å². The van der Waals surface area contributed by atoms with E-state index in [4.69, 9.17) is 9.47 Å². The Morgan fingerprint density at radius 3 is 1.47 bits per heavy atom. The summed E-state index contributed by atoms with van der Waals surface area (Å²) in [7, 11) is 2.61. The standard InChI is InChI=1S/C25H25NO4/c1-29-23(27)18-22(24(28)30-2)26-25(19-12-6-3-7-13-19,20-14-8-4-9-15-20)21-16-10-5-11-17-21/h3-17,22,26H,18H2,1-2H3. The normalized spacial score (nSPS) is 12.1. The summed E-state index contributed by atoms with van der Waals surface area (Å²) in [6, 6.07) is 28.6. The molecule has 0 aromatic heterocycles. The first-order valence-electron chi connectivity index (χ1n) is 9.70. The Morgan fingerprint density at radius 1 is 0.733 bits per heavy atom. The molecule has 0 aliphatic carbocycles. The largest absolute Gasteiger partial charge is 0.469 e. The van der Waals surface area contributed by atoms with Crippen molar-refractivity contribution in [2.75, 3.05) is 14.2 Å². The molecule has 0 bridgehead atoms. The summed E-state index contributed by atoms with van der Waals surface area (Å²) in [6.07, 6.45) is -0.155. The number of rotatable bonds is 8. The van der Waals surface area contributed by atoms with Gasteiger partial charge in [0.2, 0.25) is 0 Å². The quantitative estimate of drug-likeness (QED) is 0.459. The number of benzene rings is 3. The van der Waals surface area contributed by atoms with Crippen LogP contribution in [0, 0.1) is 0 Å². The zero-order chi connectivity index (χ0) is 21.4. The van der Waals surface area contributed by atoms with Crippen molar-refractivity contribution in [3.63, 3.8) is 0 Å². The maximum Gasteiger partial charge on any atom is 0.323 e. The van der Waals surface area contributed by atoms with E-state index in [-0.39, 0.29) is 6.42 Å². The zero-order valence-corrected chi connectivity index (χ0v) is 17.1. The van der Waals surface area contributed by atoms with Crippen molar-refractivity contribution in [3.05, 3.63) is 108 Å². The van der Waals surface area contributed by atoms with Gasteiger partial charge < -0.3 is 9.47 Å². The smallest absolute Gasteiger partial charge is 0.323 e. The second-order valence-electron chi connectivity index (χ2n) is 6.85. The number of carbonyl (C=O) groups excluding carboxylic acids is 2. The minimum absolute atomic E-state index is 0.155. The first kappa shape index (κ1) is 21.3. The van der Waals surface area contributed by atoms with Gasteiger partial charge in [-0.25, -0.2) is 0 Å². The maximum atomic E-state index is 12.6. The van der Waals surface area contributed by atoms with Crippen LogP contribution in [0.2, 0.25) is 0 Å². The minimum atomic E-state index is -0.914. The van der Waals surface area contributed by atoms with E-state index >= 15 is 0 Å². The fourth-order valence-corrected chi connectivity index (χ4v) is 3.66. The Bertz CT molecular complexity index is 862. The van der Waals surface area contributed by atoms with Crippen LogP contribution in [0.15, 0.2) is 91.0 Å². The molecule has 0 heterocycles. The number of carbonyl (C=O) groups is 2. The molecule has 0 aliphatic rings. The summed E-state index contributed by atoms with van der Waals surface area (Å²) in [4.78, 5) is 24.7. The molecule has 0 saturated heterocycles. The van der Waals surface area contributed by atoms with Crippen LogP contribution in [-0.2, 0) is 24.6 Å². The monoisotopic (exact) mass is 403 g/mol. The van der Waals surface area contributed by atoms with Crippen molar-refractivity contribution in [1.29, 1.82) is 0 Å². The Labute approximate surface area is 176 Å². The van der Waals surface area contributed by atoms with Gasteiger partial charge in [-0.05, 0) is 16.7 Å². The lowest BCUT2D eigenvalue weighted by Crippen LogP contribution is -2.53. The highest BCUT2D eigenvalue weighted by Crippen LogP contribution is 2.37. The van der Waals surface area contributed by atoms with Gasteiger partial charge in [-0.1, -0.05) is 91.0 Å². The molecule has 0 amide bonds. The highest BCUT2D eigenvalue weighted by Gasteiger charge is 2.40. The third-order valence-electron chi connectivity index (χ3n) is 5.10. The van der Waals surface area contributed by atoms with Gasteiger partial charge >= 0.3 is 11.9 Å². The Balaban J connectivity index is 2.24. The first-order valence-corrected chi connectivity index (χ1v) is 9.70. The third-order valence-corrected chi connectivity index (χ3v) is 5.10. The molecule has 0 radical (unpaired) electrons. The van der Waals surface area contributed by atoms with Crippen LogP contribution in [0.25, 0.3) is 0 Å². The number of hydrogen-bond donors (Lipinski definition) is 1. The average molecular weight is 403 g/mol. The highest BCUT2D eigenvalue weighted by molar-refractivity contribution is 5.83. The van der Waals surface area contributed by atoms with Gasteiger partial charge in [0.1, 0.15) is 6.04 Å². The fraction of sp³-hybridized carbons (Fsp3) is 0.200. The van der Waals surface area contributed by atoms with E-state index in [9.17, 15) is 9.59 Å². The number of methoxy groups -OCH3 is 2. The maximum absolute atomic E-state index is 12.6. The SMILES string of the molecule is COC(=O)CC(NC(c1ccccc1)(c1ccccc1)c1ccccc1)C(=O)OC. The predicted molar refractivity (Wildman–Crippen MR) is 115 cm³/mol. The summed E-state index contributed by atoms with van der Waals surface area (Å²) in [5.74, 6) is -1.03. The van der Waals surface area contributed by atoms with Gasteiger partial charge in [0.25, 0.3) is 0 Å². The van der Waals surface area contributed by atoms with E-state index in [1.165, 1.54) is 14.2 Å². The second kappa shape index (κ2) is 9.85. The fourth-order valence-electron chi connectivity index (χ4n) is 3.66. The predicted octanol–water partition coefficient (Wildman–Crippen LogP) is 3.67. The summed E-state index contributed by atoms with van der Waals surface area (Å²) < 4.78 is 9.82. The number of ether oxygens (including phenoxy) is 2. The van der Waals surface area contributed by atoms with Gasteiger partial charge in [-0.2, -0.15) is 0 Å². The minimum Gasteiger partial charge on any atom is -0.469 e. The van der Waals surface area contributed by atoms with E-state index < -0.39 is 23.5 Å². The molecule has 0 saturated carbocycles. The van der Waals surface area contributed by atoms with Gasteiger partial charge in [0.05, 0.1) is 26.2 Å². The summed E-state index contributed by atoms with van der Waals surface area (Å²) >= 11 is 0. The van der Waals surface area contributed by atoms with Crippen LogP contribution in [0.1, 0.15) is 23.1 Å². The third kappa shape index (κ3) is 4.42. The summed E-state index contributed by atoms with van der Waals surface area (Å²) in [5, 5.41) is 3.46. The molecule has 3 aromatic carbocycles. The van der Waals surface area contributed by atoms with Crippen molar-refractivity contribution >= 4 is 11.9 Å². The molecule has 30 heavy (non-hydrogen) atoms. The van der Waals surface area contributed by atoms with Crippen LogP contribution in [0.4, 0.5) is 0 Å². The van der Waals surface area contributed by atoms with Gasteiger partial charge in [-0.15, -0.1) is 0 Å². The Morgan fingerprint density at radius 2 is 1.13 bits per heavy atom. The molecular formula is C25H25NO4. The molecule has 0 spiro atoms. The summed E-state index contributed by atoms with van der Waals surface area (Å²) in [5.41, 5.74) is 1.90. The molecule has 5 heteroatoms. The lowest BCUT2D eigenvalue weighted by atomic mass is 9.76. The Hall–Kier alpha value is -3.44. The molecule has 0 aliphatic heterocycles. The van der Waals surface area contributed by atoms with Crippen LogP contribution >= 0.6 is 0 Å². The van der Waals surface area contributed by atoms with Gasteiger partial charge in [0, 0.05) is 0 Å². The number of nitrogens with one attached hydrogen (secondary N) is 1. The van der Waals surface area contributed by atoms with Crippen LogP contribution in [0.5, 0.6) is 0 Å². The van der Waals surface area contributed by atoms with Crippen LogP contribution in [-0.4, -0.2) is 32.2 Å². The topological polar surface area (TPSA) is 64.6 Å². The first-order chi connectivity index (χ1) is 14.6. The van der Waals surface area contributed by atoms with Gasteiger partial charge in [0.15, 0.2) is 0 Å². The lowest BCUT2D eigenvalue weighted by molar-refractivity contribution is -0.150. The van der Waals surface area contributed by atoms with E-state index in [1.54, 1.807) is 0 Å². The van der Waals surface area contributed by atoms with Crippen molar-refractivity contribution in [2.24, 2.45) is 0 Å². The highest BCUT2D eigenvalue weighted by atomic mass is 16.5. The van der Waals surface area contributed by atoms with Crippen LogP contribution < -0.4 is 5.32 Å². The lowest BCUT2D eigenvalue weighted by Gasteiger charge is -2.39. The molecule has 1 unspecified atom stereocenters.